The quantitative estimate of drug-likeness (QED) is 0.882. The highest BCUT2D eigenvalue weighted by molar-refractivity contribution is 6.31. The third-order valence-electron chi connectivity index (χ3n) is 3.89. The number of carbonyl (C=O) groups is 1. The summed E-state index contributed by atoms with van der Waals surface area (Å²) >= 11 is 5.90. The highest BCUT2D eigenvalue weighted by Gasteiger charge is 2.22. The van der Waals surface area contributed by atoms with E-state index in [-0.39, 0.29) is 11.6 Å². The zero-order valence-electron chi connectivity index (χ0n) is 11.5. The number of likely N-dealkylation sites (tertiary alicyclic amines) is 1. The van der Waals surface area contributed by atoms with Gasteiger partial charge in [-0.3, -0.25) is 9.69 Å². The Labute approximate surface area is 126 Å². The van der Waals surface area contributed by atoms with Gasteiger partial charge in [0.05, 0.1) is 23.5 Å². The van der Waals surface area contributed by atoms with Crippen molar-refractivity contribution in [2.45, 2.75) is 31.8 Å². The van der Waals surface area contributed by atoms with Crippen LogP contribution in [0.4, 0.5) is 0 Å². The van der Waals surface area contributed by atoms with E-state index < -0.39 is 0 Å². The fraction of sp³-hybridized carbons (Fsp3) is 0.400. The second kappa shape index (κ2) is 5.95. The van der Waals surface area contributed by atoms with Gasteiger partial charge in [0.15, 0.2) is 0 Å². The van der Waals surface area contributed by atoms with E-state index in [1.165, 1.54) is 0 Å². The summed E-state index contributed by atoms with van der Waals surface area (Å²) in [6, 6.07) is 4.99. The molecule has 3 rings (SSSR count). The number of carbonyl (C=O) groups excluding carboxylic acids is 1. The van der Waals surface area contributed by atoms with Gasteiger partial charge in [-0.1, -0.05) is 18.0 Å². The number of hydrogen-bond acceptors (Lipinski definition) is 4. The lowest BCUT2D eigenvalue weighted by molar-refractivity contribution is -0.113. The van der Waals surface area contributed by atoms with Crippen molar-refractivity contribution in [2.24, 2.45) is 0 Å². The van der Waals surface area contributed by atoms with Crippen LogP contribution in [0, 0.1) is 0 Å². The van der Waals surface area contributed by atoms with Gasteiger partial charge in [0, 0.05) is 5.02 Å². The van der Waals surface area contributed by atoms with E-state index in [1.807, 2.05) is 0 Å². The second-order valence-corrected chi connectivity index (χ2v) is 5.78. The SMILES string of the molecule is O=CC1CCCCN1Cc1nc2ccc(Cl)cc2c(=O)[nH]1. The van der Waals surface area contributed by atoms with Gasteiger partial charge in [-0.05, 0) is 37.6 Å². The van der Waals surface area contributed by atoms with Crippen molar-refractivity contribution in [3.63, 3.8) is 0 Å². The summed E-state index contributed by atoms with van der Waals surface area (Å²) in [7, 11) is 0. The number of hydrogen-bond donors (Lipinski definition) is 1. The summed E-state index contributed by atoms with van der Waals surface area (Å²) < 4.78 is 0. The summed E-state index contributed by atoms with van der Waals surface area (Å²) in [4.78, 5) is 32.6. The van der Waals surface area contributed by atoms with Crippen molar-refractivity contribution in [1.82, 2.24) is 14.9 Å². The molecule has 1 atom stereocenters. The van der Waals surface area contributed by atoms with E-state index in [0.717, 1.165) is 32.1 Å². The normalized spacial score (nSPS) is 19.8. The molecule has 0 spiro atoms. The van der Waals surface area contributed by atoms with Crippen LogP contribution in [0.15, 0.2) is 23.0 Å². The second-order valence-electron chi connectivity index (χ2n) is 5.34. The maximum atomic E-state index is 12.1. The number of aldehydes is 1. The lowest BCUT2D eigenvalue weighted by Gasteiger charge is -2.31. The number of H-pyrrole nitrogens is 1. The largest absolute Gasteiger partial charge is 0.309 e. The minimum atomic E-state index is -0.197. The minimum Gasteiger partial charge on any atom is -0.309 e. The average molecular weight is 306 g/mol. The molecule has 0 amide bonds. The highest BCUT2D eigenvalue weighted by atomic mass is 35.5. The molecule has 1 aliphatic rings. The first-order chi connectivity index (χ1) is 10.2. The zero-order valence-corrected chi connectivity index (χ0v) is 12.3. The Kier molecular flexibility index (Phi) is 4.03. The Morgan fingerprint density at radius 2 is 2.29 bits per heavy atom. The molecule has 2 heterocycles. The molecule has 0 aliphatic carbocycles. The smallest absolute Gasteiger partial charge is 0.258 e. The molecule has 1 aliphatic heterocycles. The summed E-state index contributed by atoms with van der Waals surface area (Å²) in [5.74, 6) is 0.587. The summed E-state index contributed by atoms with van der Waals surface area (Å²) in [5, 5.41) is 0.997. The van der Waals surface area contributed by atoms with Crippen LogP contribution in [0.25, 0.3) is 10.9 Å². The van der Waals surface area contributed by atoms with Gasteiger partial charge in [0.1, 0.15) is 12.1 Å². The number of halogens is 1. The Bertz CT molecular complexity index is 728. The first-order valence-corrected chi connectivity index (χ1v) is 7.43. The lowest BCUT2D eigenvalue weighted by Crippen LogP contribution is -2.40. The maximum Gasteiger partial charge on any atom is 0.258 e. The molecule has 1 saturated heterocycles. The maximum absolute atomic E-state index is 12.1. The van der Waals surface area contributed by atoms with E-state index in [0.29, 0.717) is 28.3 Å². The van der Waals surface area contributed by atoms with Crippen molar-refractivity contribution < 1.29 is 4.79 Å². The first kappa shape index (κ1) is 14.2. The predicted molar refractivity (Wildman–Crippen MR) is 81.5 cm³/mol. The van der Waals surface area contributed by atoms with Crippen molar-refractivity contribution >= 4 is 28.8 Å². The fourth-order valence-electron chi connectivity index (χ4n) is 2.79. The molecule has 1 aromatic carbocycles. The number of aromatic amines is 1. The van der Waals surface area contributed by atoms with E-state index in [9.17, 15) is 9.59 Å². The number of fused-ring (bicyclic) bond motifs is 1. The van der Waals surface area contributed by atoms with Crippen LogP contribution >= 0.6 is 11.6 Å². The average Bonchev–Trinajstić information content (AvgIpc) is 2.49. The Hall–Kier alpha value is -1.72. The van der Waals surface area contributed by atoms with E-state index >= 15 is 0 Å². The minimum absolute atomic E-state index is 0.0787. The molecule has 1 unspecified atom stereocenters. The molecular formula is C15H16ClN3O2. The van der Waals surface area contributed by atoms with E-state index in [2.05, 4.69) is 14.9 Å². The Morgan fingerprint density at radius 1 is 1.43 bits per heavy atom. The first-order valence-electron chi connectivity index (χ1n) is 7.05. The van der Waals surface area contributed by atoms with Crippen LogP contribution in [0.3, 0.4) is 0 Å². The molecular weight excluding hydrogens is 290 g/mol. The molecule has 6 heteroatoms. The van der Waals surface area contributed by atoms with Crippen LogP contribution in [0.5, 0.6) is 0 Å². The Balaban J connectivity index is 1.92. The molecule has 0 saturated carbocycles. The Morgan fingerprint density at radius 3 is 3.10 bits per heavy atom. The molecule has 21 heavy (non-hydrogen) atoms. The van der Waals surface area contributed by atoms with Gasteiger partial charge in [-0.2, -0.15) is 0 Å². The van der Waals surface area contributed by atoms with Crippen molar-refractivity contribution in [1.29, 1.82) is 0 Å². The van der Waals surface area contributed by atoms with Crippen LogP contribution in [-0.2, 0) is 11.3 Å². The van der Waals surface area contributed by atoms with E-state index in [4.69, 9.17) is 11.6 Å². The van der Waals surface area contributed by atoms with Crippen LogP contribution < -0.4 is 5.56 Å². The standard InChI is InChI=1S/C15H16ClN3O2/c16-10-4-5-13-12(7-10)15(21)18-14(17-13)8-19-6-2-1-3-11(19)9-20/h4-5,7,9,11H,1-3,6,8H2,(H,17,18,21). The molecule has 0 radical (unpaired) electrons. The monoisotopic (exact) mass is 305 g/mol. The third-order valence-corrected chi connectivity index (χ3v) is 4.13. The van der Waals surface area contributed by atoms with Gasteiger partial charge in [-0.25, -0.2) is 4.98 Å². The van der Waals surface area contributed by atoms with Gasteiger partial charge < -0.3 is 9.78 Å². The number of rotatable bonds is 3. The molecule has 2 aromatic rings. The lowest BCUT2D eigenvalue weighted by atomic mass is 10.0. The van der Waals surface area contributed by atoms with Crippen molar-refractivity contribution in [3.8, 4) is 0 Å². The van der Waals surface area contributed by atoms with Gasteiger partial charge in [0.25, 0.3) is 5.56 Å². The third kappa shape index (κ3) is 2.99. The van der Waals surface area contributed by atoms with Crippen molar-refractivity contribution in [2.75, 3.05) is 6.54 Å². The van der Waals surface area contributed by atoms with Crippen molar-refractivity contribution in [3.05, 3.63) is 39.4 Å². The van der Waals surface area contributed by atoms with Crippen LogP contribution in [0.1, 0.15) is 25.1 Å². The van der Waals surface area contributed by atoms with Gasteiger partial charge >= 0.3 is 0 Å². The topological polar surface area (TPSA) is 66.1 Å². The number of benzene rings is 1. The summed E-state index contributed by atoms with van der Waals surface area (Å²) in [6.45, 7) is 1.34. The summed E-state index contributed by atoms with van der Waals surface area (Å²) in [5.41, 5.74) is 0.426. The number of piperidine rings is 1. The summed E-state index contributed by atoms with van der Waals surface area (Å²) in [6.07, 6.45) is 3.99. The number of nitrogens with zero attached hydrogens (tertiary/aromatic N) is 2. The molecule has 1 aromatic heterocycles. The fourth-order valence-corrected chi connectivity index (χ4v) is 2.97. The van der Waals surface area contributed by atoms with E-state index in [1.54, 1.807) is 18.2 Å². The molecule has 1 fully saturated rings. The highest BCUT2D eigenvalue weighted by Crippen LogP contribution is 2.18. The number of aromatic nitrogens is 2. The predicted octanol–water partition coefficient (Wildman–Crippen LogP) is 2.13. The number of nitrogens with one attached hydrogen (secondary N) is 1. The molecule has 5 nitrogen and oxygen atoms in total. The molecule has 0 bridgehead atoms. The van der Waals surface area contributed by atoms with Crippen LogP contribution in [-0.4, -0.2) is 33.7 Å². The van der Waals surface area contributed by atoms with Gasteiger partial charge in [0.2, 0.25) is 0 Å². The molecule has 1 N–H and O–H groups in total. The van der Waals surface area contributed by atoms with Gasteiger partial charge in [-0.15, -0.1) is 0 Å². The molecule has 110 valence electrons. The van der Waals surface area contributed by atoms with Crippen LogP contribution in [0.2, 0.25) is 5.02 Å². The zero-order chi connectivity index (χ0) is 14.8.